The zero-order valence-electron chi connectivity index (χ0n) is 13.5. The van der Waals surface area contributed by atoms with Gasteiger partial charge >= 0.3 is 0 Å². The van der Waals surface area contributed by atoms with Crippen LogP contribution >= 0.6 is 11.6 Å². The average molecular weight is 359 g/mol. The van der Waals surface area contributed by atoms with E-state index < -0.39 is 0 Å². The van der Waals surface area contributed by atoms with Crippen molar-refractivity contribution in [3.8, 4) is 22.8 Å². The Labute approximate surface area is 148 Å². The second kappa shape index (κ2) is 7.23. The Morgan fingerprint density at radius 1 is 0.920 bits per heavy atom. The first-order chi connectivity index (χ1) is 12.1. The molecule has 0 saturated heterocycles. The molecular formula is C17H15ClN4O3. The van der Waals surface area contributed by atoms with E-state index in [-0.39, 0.29) is 11.2 Å². The Bertz CT molecular complexity index is 961. The highest BCUT2D eigenvalue weighted by molar-refractivity contribution is 6.30. The van der Waals surface area contributed by atoms with Gasteiger partial charge in [-0.25, -0.2) is 0 Å². The summed E-state index contributed by atoms with van der Waals surface area (Å²) in [6.07, 6.45) is 0. The molecule has 1 aromatic heterocycles. The van der Waals surface area contributed by atoms with Crippen molar-refractivity contribution in [3.63, 3.8) is 0 Å². The molecule has 7 nitrogen and oxygen atoms in total. The summed E-state index contributed by atoms with van der Waals surface area (Å²) in [6.45, 7) is 0. The van der Waals surface area contributed by atoms with Crippen LogP contribution in [-0.2, 0) is 0 Å². The van der Waals surface area contributed by atoms with Crippen LogP contribution in [0.25, 0.3) is 11.3 Å². The van der Waals surface area contributed by atoms with Gasteiger partial charge in [-0.3, -0.25) is 15.0 Å². The molecule has 0 spiro atoms. The first-order valence-corrected chi connectivity index (χ1v) is 7.70. The molecule has 3 rings (SSSR count). The smallest absolute Gasteiger partial charge is 0.292 e. The highest BCUT2D eigenvalue weighted by Gasteiger charge is 2.14. The van der Waals surface area contributed by atoms with Gasteiger partial charge in [0.2, 0.25) is 0 Å². The molecule has 0 aliphatic rings. The molecule has 0 amide bonds. The minimum absolute atomic E-state index is 0.169. The lowest BCUT2D eigenvalue weighted by Gasteiger charge is -2.08. The largest absolute Gasteiger partial charge is 0.493 e. The average Bonchev–Trinajstić information content (AvgIpc) is 3.01. The van der Waals surface area contributed by atoms with Crippen LogP contribution in [0, 0.1) is 0 Å². The third-order valence-electron chi connectivity index (χ3n) is 3.52. The molecule has 128 valence electrons. The van der Waals surface area contributed by atoms with Gasteiger partial charge < -0.3 is 9.47 Å². The number of nitrogens with zero attached hydrogens (tertiary/aromatic N) is 2. The third-order valence-corrected chi connectivity index (χ3v) is 3.77. The van der Waals surface area contributed by atoms with Crippen LogP contribution in [0.5, 0.6) is 11.5 Å². The Morgan fingerprint density at radius 2 is 1.64 bits per heavy atom. The van der Waals surface area contributed by atoms with Crippen LogP contribution in [0.2, 0.25) is 5.02 Å². The summed E-state index contributed by atoms with van der Waals surface area (Å²) in [5.41, 5.74) is 1.60. The summed E-state index contributed by atoms with van der Waals surface area (Å²) in [5, 5.41) is 14.1. The van der Waals surface area contributed by atoms with Gasteiger partial charge in [0, 0.05) is 10.6 Å². The number of methoxy groups -OCH3 is 2. The molecule has 25 heavy (non-hydrogen) atoms. The van der Waals surface area contributed by atoms with Crippen LogP contribution in [-0.4, -0.2) is 24.4 Å². The Morgan fingerprint density at radius 3 is 2.32 bits per heavy atom. The van der Waals surface area contributed by atoms with Gasteiger partial charge in [0.25, 0.3) is 5.56 Å². The second-order valence-electron chi connectivity index (χ2n) is 5.05. The number of ether oxygens (including phenoxy) is 2. The van der Waals surface area contributed by atoms with Gasteiger partial charge in [-0.05, 0) is 42.5 Å². The van der Waals surface area contributed by atoms with Crippen molar-refractivity contribution < 1.29 is 9.47 Å². The van der Waals surface area contributed by atoms with Gasteiger partial charge in [0.15, 0.2) is 17.2 Å². The number of benzene rings is 2. The van der Waals surface area contributed by atoms with Crippen molar-refractivity contribution in [3.05, 3.63) is 57.8 Å². The van der Waals surface area contributed by atoms with Gasteiger partial charge in [0.1, 0.15) is 0 Å². The zero-order chi connectivity index (χ0) is 17.8. The molecule has 8 heteroatoms. The van der Waals surface area contributed by atoms with Crippen molar-refractivity contribution >= 4 is 23.0 Å². The quantitative estimate of drug-likeness (QED) is 0.659. The minimum Gasteiger partial charge on any atom is -0.493 e. The standard InChI is InChI=1S/C17H15ClN4O3/c1-24-13-8-3-10(9-14(13)25-2)15-16(17(23)22-20-15)21-19-12-6-4-11(18)5-7-12/h3-9H,1-2H3,(H2,20,22,23). The molecule has 0 radical (unpaired) electrons. The fourth-order valence-corrected chi connectivity index (χ4v) is 2.39. The maximum absolute atomic E-state index is 12.0. The molecule has 0 bridgehead atoms. The normalized spacial score (nSPS) is 11.0. The number of halogens is 1. The second-order valence-corrected chi connectivity index (χ2v) is 5.49. The van der Waals surface area contributed by atoms with Gasteiger partial charge in [0.05, 0.1) is 25.6 Å². The summed E-state index contributed by atoms with van der Waals surface area (Å²) in [5.74, 6) is 1.14. The van der Waals surface area contributed by atoms with Gasteiger partial charge in [-0.15, -0.1) is 5.11 Å². The summed E-state index contributed by atoms with van der Waals surface area (Å²) in [7, 11) is 3.10. The van der Waals surface area contributed by atoms with Crippen molar-refractivity contribution in [1.82, 2.24) is 10.2 Å². The first-order valence-electron chi connectivity index (χ1n) is 7.32. The third kappa shape index (κ3) is 3.56. The molecule has 1 heterocycles. The van der Waals surface area contributed by atoms with Gasteiger partial charge in [-0.2, -0.15) is 5.11 Å². The number of H-pyrrole nitrogens is 2. The van der Waals surface area contributed by atoms with E-state index in [9.17, 15) is 4.79 Å². The van der Waals surface area contributed by atoms with Crippen LogP contribution in [0.4, 0.5) is 11.4 Å². The van der Waals surface area contributed by atoms with E-state index in [1.807, 2.05) is 0 Å². The van der Waals surface area contributed by atoms with E-state index in [4.69, 9.17) is 21.1 Å². The van der Waals surface area contributed by atoms with Crippen LogP contribution < -0.4 is 15.0 Å². The van der Waals surface area contributed by atoms with Crippen LogP contribution in [0.15, 0.2) is 57.5 Å². The molecule has 2 aromatic carbocycles. The van der Waals surface area contributed by atoms with E-state index in [0.717, 1.165) is 0 Å². The molecule has 0 unspecified atom stereocenters. The van der Waals surface area contributed by atoms with Crippen molar-refractivity contribution in [2.45, 2.75) is 0 Å². The number of hydrogen-bond donors (Lipinski definition) is 2. The van der Waals surface area contributed by atoms with E-state index in [0.29, 0.717) is 33.5 Å². The molecule has 3 aromatic rings. The van der Waals surface area contributed by atoms with Crippen LogP contribution in [0.1, 0.15) is 0 Å². The van der Waals surface area contributed by atoms with Crippen molar-refractivity contribution in [1.29, 1.82) is 0 Å². The topological polar surface area (TPSA) is 91.8 Å². The number of hydrogen-bond acceptors (Lipinski definition) is 5. The molecule has 0 atom stereocenters. The number of rotatable bonds is 5. The van der Waals surface area contributed by atoms with Crippen molar-refractivity contribution in [2.24, 2.45) is 10.2 Å². The lowest BCUT2D eigenvalue weighted by atomic mass is 10.1. The Balaban J connectivity index is 1.99. The predicted octanol–water partition coefficient (Wildman–Crippen LogP) is 4.46. The molecular weight excluding hydrogens is 344 g/mol. The Kier molecular flexibility index (Phi) is 4.85. The van der Waals surface area contributed by atoms with Crippen LogP contribution in [0.3, 0.4) is 0 Å². The minimum atomic E-state index is -0.373. The van der Waals surface area contributed by atoms with Crippen molar-refractivity contribution in [2.75, 3.05) is 14.2 Å². The predicted molar refractivity (Wildman–Crippen MR) is 95.6 cm³/mol. The lowest BCUT2D eigenvalue weighted by Crippen LogP contribution is -1.96. The zero-order valence-corrected chi connectivity index (χ0v) is 14.3. The number of azo groups is 1. The summed E-state index contributed by atoms with van der Waals surface area (Å²) >= 11 is 5.84. The van der Waals surface area contributed by atoms with E-state index in [1.165, 1.54) is 0 Å². The summed E-state index contributed by atoms with van der Waals surface area (Å²) in [6, 6.07) is 12.1. The molecule has 2 N–H and O–H groups in total. The fraction of sp³-hybridized carbons (Fsp3) is 0.118. The monoisotopic (exact) mass is 358 g/mol. The summed E-state index contributed by atoms with van der Waals surface area (Å²) < 4.78 is 10.5. The molecule has 0 aliphatic heterocycles. The number of nitrogens with one attached hydrogen (secondary N) is 2. The van der Waals surface area contributed by atoms with E-state index >= 15 is 0 Å². The molecule has 0 fully saturated rings. The molecule has 0 aliphatic carbocycles. The lowest BCUT2D eigenvalue weighted by molar-refractivity contribution is 0.355. The molecule has 0 saturated carbocycles. The highest BCUT2D eigenvalue weighted by Crippen LogP contribution is 2.34. The number of aromatic amines is 2. The highest BCUT2D eigenvalue weighted by atomic mass is 35.5. The maximum Gasteiger partial charge on any atom is 0.292 e. The first kappa shape index (κ1) is 16.8. The fourth-order valence-electron chi connectivity index (χ4n) is 2.26. The number of aromatic nitrogens is 2. The van der Waals surface area contributed by atoms with Gasteiger partial charge in [-0.1, -0.05) is 11.6 Å². The Hall–Kier alpha value is -3.06. The summed E-state index contributed by atoms with van der Waals surface area (Å²) in [4.78, 5) is 12.0. The maximum atomic E-state index is 12.0. The van der Waals surface area contributed by atoms with E-state index in [1.54, 1.807) is 56.7 Å². The SMILES string of the molecule is COc1ccc(-c2[nH][nH]c(=O)c2N=Nc2ccc(Cl)cc2)cc1OC. The van der Waals surface area contributed by atoms with E-state index in [2.05, 4.69) is 20.4 Å².